The molecule has 2 aliphatic carbocycles. The van der Waals surface area contributed by atoms with Gasteiger partial charge in [0.2, 0.25) is 0 Å². The molecule has 3 atom stereocenters. The van der Waals surface area contributed by atoms with Crippen molar-refractivity contribution in [2.24, 2.45) is 5.92 Å². The van der Waals surface area contributed by atoms with Crippen molar-refractivity contribution >= 4 is 6.09 Å². The zero-order valence-corrected chi connectivity index (χ0v) is 18.4. The molecule has 0 bridgehead atoms. The highest BCUT2D eigenvalue weighted by atomic mass is 16.6. The predicted molar refractivity (Wildman–Crippen MR) is 109 cm³/mol. The van der Waals surface area contributed by atoms with Gasteiger partial charge in [-0.1, -0.05) is 32.1 Å². The Kier molecular flexibility index (Phi) is 6.62. The minimum atomic E-state index is -0.799. The summed E-state index contributed by atoms with van der Waals surface area (Å²) in [5.74, 6) is 0.576. The van der Waals surface area contributed by atoms with Gasteiger partial charge < -0.3 is 19.9 Å². The molecular formula is C22H40N2O4. The lowest BCUT2D eigenvalue weighted by Crippen LogP contribution is -2.52. The molecule has 6 heteroatoms. The quantitative estimate of drug-likeness (QED) is 0.714. The van der Waals surface area contributed by atoms with Crippen molar-refractivity contribution in [3.63, 3.8) is 0 Å². The van der Waals surface area contributed by atoms with Crippen LogP contribution in [0.5, 0.6) is 0 Å². The molecule has 1 saturated heterocycles. The fourth-order valence-electron chi connectivity index (χ4n) is 4.71. The third-order valence-electron chi connectivity index (χ3n) is 6.18. The Hall–Kier alpha value is -0.850. The number of hydrogen-bond acceptors (Lipinski definition) is 5. The van der Waals surface area contributed by atoms with Crippen LogP contribution in [-0.4, -0.2) is 58.3 Å². The summed E-state index contributed by atoms with van der Waals surface area (Å²) < 4.78 is 12.0. The second kappa shape index (κ2) is 8.49. The fourth-order valence-corrected chi connectivity index (χ4v) is 4.71. The molecule has 1 heterocycles. The number of ether oxygens (including phenoxy) is 2. The Labute approximate surface area is 170 Å². The maximum Gasteiger partial charge on any atom is 0.412 e. The number of hydrogen-bond donors (Lipinski definition) is 2. The van der Waals surface area contributed by atoms with Crippen LogP contribution in [0, 0.1) is 5.92 Å². The van der Waals surface area contributed by atoms with Gasteiger partial charge in [-0.2, -0.15) is 0 Å². The molecule has 0 aromatic heterocycles. The Balaban J connectivity index is 1.77. The summed E-state index contributed by atoms with van der Waals surface area (Å²) in [6, 6.07) is 0.367. The topological polar surface area (TPSA) is 71.0 Å². The molecule has 162 valence electrons. The highest BCUT2D eigenvalue weighted by Gasteiger charge is 2.53. The minimum absolute atomic E-state index is 0.163. The van der Waals surface area contributed by atoms with Crippen molar-refractivity contribution in [1.82, 2.24) is 10.2 Å². The maximum absolute atomic E-state index is 13.1. The summed E-state index contributed by atoms with van der Waals surface area (Å²) in [5, 5.41) is 14.3. The molecule has 3 fully saturated rings. The first-order chi connectivity index (χ1) is 13.1. The standard InChI is InChI=1S/C22H40N2O4/c1-21(2,3)28-20(26)24-17(13-15-9-7-6-8-10-15)19(27-22(24,4)5)18(25)14-23-16-11-12-16/h15-19,23,25H,6-14H2,1-5H3/t17-,18+,19+/m0/s1. The number of amides is 1. The smallest absolute Gasteiger partial charge is 0.412 e. The molecule has 6 nitrogen and oxygen atoms in total. The normalized spacial score (nSPS) is 29.7. The van der Waals surface area contributed by atoms with Crippen LogP contribution >= 0.6 is 0 Å². The molecular weight excluding hydrogens is 356 g/mol. The average molecular weight is 397 g/mol. The second-order valence-electron chi connectivity index (χ2n) is 10.4. The van der Waals surface area contributed by atoms with Crippen molar-refractivity contribution in [2.45, 2.75) is 122 Å². The summed E-state index contributed by atoms with van der Waals surface area (Å²) in [6.07, 6.45) is 8.06. The van der Waals surface area contributed by atoms with Crippen LogP contribution in [0.3, 0.4) is 0 Å². The van der Waals surface area contributed by atoms with Gasteiger partial charge in [0.05, 0.1) is 12.1 Å². The molecule has 3 aliphatic rings. The minimum Gasteiger partial charge on any atom is -0.444 e. The van der Waals surface area contributed by atoms with E-state index < -0.39 is 23.5 Å². The van der Waals surface area contributed by atoms with Crippen LogP contribution in [0.15, 0.2) is 0 Å². The van der Waals surface area contributed by atoms with E-state index in [1.54, 1.807) is 4.90 Å². The zero-order chi connectivity index (χ0) is 20.5. The van der Waals surface area contributed by atoms with Crippen molar-refractivity contribution in [1.29, 1.82) is 0 Å². The summed E-state index contributed by atoms with van der Waals surface area (Å²) in [6.45, 7) is 9.98. The first-order valence-corrected chi connectivity index (χ1v) is 11.2. The zero-order valence-electron chi connectivity index (χ0n) is 18.4. The molecule has 0 radical (unpaired) electrons. The van der Waals surface area contributed by atoms with Crippen molar-refractivity contribution in [2.75, 3.05) is 6.54 Å². The fraction of sp³-hybridized carbons (Fsp3) is 0.955. The summed E-state index contributed by atoms with van der Waals surface area (Å²) in [4.78, 5) is 14.9. The number of nitrogens with zero attached hydrogens (tertiary/aromatic N) is 1. The average Bonchev–Trinajstić information content (AvgIpc) is 3.36. The van der Waals surface area contributed by atoms with Crippen LogP contribution in [0.2, 0.25) is 0 Å². The molecule has 0 aromatic rings. The Bertz CT molecular complexity index is 535. The molecule has 2 saturated carbocycles. The van der Waals surface area contributed by atoms with Crippen LogP contribution in [0.25, 0.3) is 0 Å². The van der Waals surface area contributed by atoms with Crippen LogP contribution in [0.4, 0.5) is 4.79 Å². The molecule has 1 amide bonds. The van der Waals surface area contributed by atoms with Crippen LogP contribution in [0.1, 0.15) is 86.0 Å². The Morgan fingerprint density at radius 1 is 1.21 bits per heavy atom. The monoisotopic (exact) mass is 396 g/mol. The van der Waals surface area contributed by atoms with E-state index in [1.807, 2.05) is 34.6 Å². The van der Waals surface area contributed by atoms with Gasteiger partial charge in [0.15, 0.2) is 0 Å². The summed E-state index contributed by atoms with van der Waals surface area (Å²) in [7, 11) is 0. The third-order valence-corrected chi connectivity index (χ3v) is 6.18. The van der Waals surface area contributed by atoms with E-state index in [9.17, 15) is 9.90 Å². The van der Waals surface area contributed by atoms with E-state index in [2.05, 4.69) is 5.32 Å². The van der Waals surface area contributed by atoms with Crippen molar-refractivity contribution in [3.8, 4) is 0 Å². The third kappa shape index (κ3) is 5.61. The lowest BCUT2D eigenvalue weighted by atomic mass is 9.83. The predicted octanol–water partition coefficient (Wildman–Crippen LogP) is 3.81. The molecule has 0 aromatic carbocycles. The number of aliphatic hydroxyl groups is 1. The van der Waals surface area contributed by atoms with Crippen LogP contribution < -0.4 is 5.32 Å². The van der Waals surface area contributed by atoms with Crippen molar-refractivity contribution < 1.29 is 19.4 Å². The Morgan fingerprint density at radius 2 is 1.86 bits per heavy atom. The summed E-state index contributed by atoms with van der Waals surface area (Å²) in [5.41, 5.74) is -1.36. The molecule has 1 aliphatic heterocycles. The van der Waals surface area contributed by atoms with Gasteiger partial charge in [0.1, 0.15) is 17.4 Å². The number of nitrogens with one attached hydrogen (secondary N) is 1. The largest absolute Gasteiger partial charge is 0.444 e. The summed E-state index contributed by atoms with van der Waals surface area (Å²) >= 11 is 0. The highest BCUT2D eigenvalue weighted by Crippen LogP contribution is 2.40. The first kappa shape index (κ1) is 21.8. The molecule has 2 N–H and O–H groups in total. The van der Waals surface area contributed by atoms with Gasteiger partial charge in [-0.25, -0.2) is 4.79 Å². The molecule has 3 rings (SSSR count). The van der Waals surface area contributed by atoms with Gasteiger partial charge in [-0.3, -0.25) is 4.90 Å². The number of carbonyl (C=O) groups excluding carboxylic acids is 1. The van der Waals surface area contributed by atoms with Gasteiger partial charge in [-0.15, -0.1) is 0 Å². The Morgan fingerprint density at radius 3 is 2.43 bits per heavy atom. The van der Waals surface area contributed by atoms with Gasteiger partial charge >= 0.3 is 6.09 Å². The SMILES string of the molecule is CC(C)(C)OC(=O)N1[C@@H](CC2CCCCC2)[C@H]([C@H](O)CNC2CC2)OC1(C)C. The van der Waals surface area contributed by atoms with Gasteiger partial charge in [0.25, 0.3) is 0 Å². The maximum atomic E-state index is 13.1. The molecule has 28 heavy (non-hydrogen) atoms. The van der Waals surface area contributed by atoms with E-state index in [4.69, 9.17) is 9.47 Å². The number of carbonyl (C=O) groups is 1. The van der Waals surface area contributed by atoms with Crippen molar-refractivity contribution in [3.05, 3.63) is 0 Å². The number of aliphatic hydroxyl groups excluding tert-OH is 1. The molecule has 0 unspecified atom stereocenters. The van der Waals surface area contributed by atoms with E-state index in [0.717, 1.165) is 6.42 Å². The number of rotatable bonds is 6. The first-order valence-electron chi connectivity index (χ1n) is 11.2. The lowest BCUT2D eigenvalue weighted by molar-refractivity contribution is -0.102. The van der Waals surface area contributed by atoms with E-state index >= 15 is 0 Å². The highest BCUT2D eigenvalue weighted by molar-refractivity contribution is 5.70. The van der Waals surface area contributed by atoms with E-state index in [0.29, 0.717) is 18.5 Å². The van der Waals surface area contributed by atoms with E-state index in [-0.39, 0.29) is 12.1 Å². The van der Waals surface area contributed by atoms with Crippen LogP contribution in [-0.2, 0) is 9.47 Å². The lowest BCUT2D eigenvalue weighted by Gasteiger charge is -2.37. The van der Waals surface area contributed by atoms with E-state index in [1.165, 1.54) is 44.9 Å². The molecule has 0 spiro atoms. The van der Waals surface area contributed by atoms with Gasteiger partial charge in [-0.05, 0) is 59.8 Å². The van der Waals surface area contributed by atoms with Gasteiger partial charge in [0, 0.05) is 12.6 Å². The second-order valence-corrected chi connectivity index (χ2v) is 10.4.